The van der Waals surface area contributed by atoms with E-state index in [4.69, 9.17) is 4.74 Å². The van der Waals surface area contributed by atoms with Crippen LogP contribution in [0.4, 0.5) is 21.9 Å². The van der Waals surface area contributed by atoms with Gasteiger partial charge in [0.15, 0.2) is 0 Å². The molecule has 2 aromatic rings. The van der Waals surface area contributed by atoms with Crippen molar-refractivity contribution in [2.45, 2.75) is 19.3 Å². The lowest BCUT2D eigenvalue weighted by molar-refractivity contribution is 0.262. The standard InChI is InChI=1S/C19H23N3O2/c1-24-18-11-10-16(22-12-6-3-7-13-22)14-17(18)21-19(23)20-15-8-4-2-5-9-15/h2,4-5,8-11,14H,3,6-7,12-13H2,1H3,(H2,20,21,23). The number of urea groups is 1. The number of nitrogens with zero attached hydrogens (tertiary/aromatic N) is 1. The Balaban J connectivity index is 1.74. The molecule has 0 aromatic heterocycles. The van der Waals surface area contributed by atoms with E-state index in [1.165, 1.54) is 19.3 Å². The zero-order chi connectivity index (χ0) is 16.8. The van der Waals surface area contributed by atoms with Gasteiger partial charge in [-0.05, 0) is 49.6 Å². The van der Waals surface area contributed by atoms with E-state index in [1.54, 1.807) is 7.11 Å². The summed E-state index contributed by atoms with van der Waals surface area (Å²) in [7, 11) is 1.61. The fourth-order valence-corrected chi connectivity index (χ4v) is 2.95. The van der Waals surface area contributed by atoms with Crippen LogP contribution in [0.5, 0.6) is 5.75 Å². The minimum Gasteiger partial charge on any atom is -0.495 e. The molecular formula is C19H23N3O2. The highest BCUT2D eigenvalue weighted by Gasteiger charge is 2.14. The van der Waals surface area contributed by atoms with Crippen LogP contribution in [0.3, 0.4) is 0 Å². The summed E-state index contributed by atoms with van der Waals surface area (Å²) in [5.74, 6) is 0.652. The number of hydrogen-bond donors (Lipinski definition) is 2. The normalized spacial score (nSPS) is 14.1. The monoisotopic (exact) mass is 325 g/mol. The molecule has 0 bridgehead atoms. The second-order valence-electron chi connectivity index (χ2n) is 5.88. The summed E-state index contributed by atoms with van der Waals surface area (Å²) < 4.78 is 5.38. The van der Waals surface area contributed by atoms with Gasteiger partial charge < -0.3 is 20.3 Å². The lowest BCUT2D eigenvalue weighted by Gasteiger charge is -2.29. The van der Waals surface area contributed by atoms with Crippen molar-refractivity contribution in [3.63, 3.8) is 0 Å². The average Bonchev–Trinajstić information content (AvgIpc) is 2.63. The molecule has 3 rings (SSSR count). The third kappa shape index (κ3) is 3.98. The van der Waals surface area contributed by atoms with Crippen molar-refractivity contribution in [2.75, 3.05) is 35.7 Å². The predicted molar refractivity (Wildman–Crippen MR) is 98.1 cm³/mol. The van der Waals surface area contributed by atoms with Gasteiger partial charge in [-0.1, -0.05) is 18.2 Å². The maximum Gasteiger partial charge on any atom is 0.323 e. The fraction of sp³-hybridized carbons (Fsp3) is 0.316. The number of rotatable bonds is 4. The average molecular weight is 325 g/mol. The predicted octanol–water partition coefficient (Wildman–Crippen LogP) is 4.33. The first-order valence-electron chi connectivity index (χ1n) is 8.32. The lowest BCUT2D eigenvalue weighted by atomic mass is 10.1. The molecule has 5 heteroatoms. The molecule has 126 valence electrons. The van der Waals surface area contributed by atoms with Crippen LogP contribution in [0.25, 0.3) is 0 Å². The van der Waals surface area contributed by atoms with Gasteiger partial charge in [-0.25, -0.2) is 4.79 Å². The largest absolute Gasteiger partial charge is 0.495 e. The Morgan fingerprint density at radius 3 is 2.46 bits per heavy atom. The van der Waals surface area contributed by atoms with Gasteiger partial charge >= 0.3 is 6.03 Å². The molecule has 1 heterocycles. The smallest absolute Gasteiger partial charge is 0.323 e. The van der Waals surface area contributed by atoms with Crippen LogP contribution in [0.15, 0.2) is 48.5 Å². The first-order chi connectivity index (χ1) is 11.8. The van der Waals surface area contributed by atoms with Gasteiger partial charge in [-0.15, -0.1) is 0 Å². The number of piperidine rings is 1. The minimum atomic E-state index is -0.282. The van der Waals surface area contributed by atoms with Crippen molar-refractivity contribution in [3.05, 3.63) is 48.5 Å². The number of carbonyl (C=O) groups is 1. The Hall–Kier alpha value is -2.69. The minimum absolute atomic E-state index is 0.282. The number of nitrogens with one attached hydrogen (secondary N) is 2. The Labute approximate surface area is 142 Å². The third-order valence-corrected chi connectivity index (χ3v) is 4.18. The third-order valence-electron chi connectivity index (χ3n) is 4.18. The number of methoxy groups -OCH3 is 1. The van der Waals surface area contributed by atoms with Gasteiger partial charge in [0.25, 0.3) is 0 Å². The molecule has 2 aromatic carbocycles. The Morgan fingerprint density at radius 1 is 1.00 bits per heavy atom. The van der Waals surface area contributed by atoms with E-state index >= 15 is 0 Å². The summed E-state index contributed by atoms with van der Waals surface area (Å²) in [5, 5.41) is 5.71. The molecule has 0 aliphatic carbocycles. The molecule has 0 atom stereocenters. The molecule has 2 amide bonds. The number of para-hydroxylation sites is 1. The van der Waals surface area contributed by atoms with Crippen LogP contribution in [0.2, 0.25) is 0 Å². The van der Waals surface area contributed by atoms with Crippen LogP contribution in [-0.2, 0) is 0 Å². The summed E-state index contributed by atoms with van der Waals surface area (Å²) in [4.78, 5) is 14.6. The first-order valence-corrected chi connectivity index (χ1v) is 8.32. The van der Waals surface area contributed by atoms with E-state index in [-0.39, 0.29) is 6.03 Å². The molecule has 0 saturated carbocycles. The van der Waals surface area contributed by atoms with Crippen molar-refractivity contribution in [2.24, 2.45) is 0 Å². The van der Waals surface area contributed by atoms with Crippen molar-refractivity contribution in [1.82, 2.24) is 0 Å². The summed E-state index contributed by atoms with van der Waals surface area (Å²) in [6.07, 6.45) is 3.71. The molecule has 0 radical (unpaired) electrons. The summed E-state index contributed by atoms with van der Waals surface area (Å²) in [5.41, 5.74) is 2.54. The van der Waals surface area contributed by atoms with Crippen molar-refractivity contribution in [3.8, 4) is 5.75 Å². The molecular weight excluding hydrogens is 302 g/mol. The lowest BCUT2D eigenvalue weighted by Crippen LogP contribution is -2.29. The SMILES string of the molecule is COc1ccc(N2CCCCC2)cc1NC(=O)Nc1ccccc1. The van der Waals surface area contributed by atoms with Gasteiger partial charge in [-0.2, -0.15) is 0 Å². The molecule has 2 N–H and O–H groups in total. The fourth-order valence-electron chi connectivity index (χ4n) is 2.95. The van der Waals surface area contributed by atoms with E-state index < -0.39 is 0 Å². The Kier molecular flexibility index (Phi) is 5.21. The van der Waals surface area contributed by atoms with Gasteiger partial charge in [0.2, 0.25) is 0 Å². The molecule has 1 saturated heterocycles. The summed E-state index contributed by atoms with van der Waals surface area (Å²) in [6.45, 7) is 2.12. The first kappa shape index (κ1) is 16.2. The van der Waals surface area contributed by atoms with Crippen LogP contribution in [-0.4, -0.2) is 26.2 Å². The van der Waals surface area contributed by atoms with Crippen molar-refractivity contribution >= 4 is 23.1 Å². The van der Waals surface area contributed by atoms with Crippen LogP contribution < -0.4 is 20.3 Å². The Morgan fingerprint density at radius 2 is 1.75 bits per heavy atom. The van der Waals surface area contributed by atoms with E-state index in [1.807, 2.05) is 48.5 Å². The van der Waals surface area contributed by atoms with Gasteiger partial charge in [0, 0.05) is 24.5 Å². The number of benzene rings is 2. The van der Waals surface area contributed by atoms with Gasteiger partial charge in [0.05, 0.1) is 12.8 Å². The summed E-state index contributed by atoms with van der Waals surface area (Å²) in [6, 6.07) is 15.0. The van der Waals surface area contributed by atoms with E-state index in [0.29, 0.717) is 11.4 Å². The molecule has 5 nitrogen and oxygen atoms in total. The van der Waals surface area contributed by atoms with E-state index in [9.17, 15) is 4.79 Å². The second-order valence-corrected chi connectivity index (χ2v) is 5.88. The molecule has 1 fully saturated rings. The maximum atomic E-state index is 12.2. The highest BCUT2D eigenvalue weighted by Crippen LogP contribution is 2.31. The quantitative estimate of drug-likeness (QED) is 0.880. The number of anilines is 3. The second kappa shape index (κ2) is 7.73. The molecule has 0 unspecified atom stereocenters. The molecule has 0 spiro atoms. The zero-order valence-corrected chi connectivity index (χ0v) is 13.9. The van der Waals surface area contributed by atoms with Gasteiger partial charge in [0.1, 0.15) is 5.75 Å². The van der Waals surface area contributed by atoms with Gasteiger partial charge in [-0.3, -0.25) is 0 Å². The molecule has 1 aliphatic rings. The van der Waals surface area contributed by atoms with E-state index in [0.717, 1.165) is 24.5 Å². The number of ether oxygens (including phenoxy) is 1. The topological polar surface area (TPSA) is 53.6 Å². The van der Waals surface area contributed by atoms with Crippen molar-refractivity contribution < 1.29 is 9.53 Å². The van der Waals surface area contributed by atoms with Crippen LogP contribution in [0, 0.1) is 0 Å². The van der Waals surface area contributed by atoms with Crippen LogP contribution >= 0.6 is 0 Å². The maximum absolute atomic E-state index is 12.2. The molecule has 24 heavy (non-hydrogen) atoms. The van der Waals surface area contributed by atoms with Crippen LogP contribution in [0.1, 0.15) is 19.3 Å². The highest BCUT2D eigenvalue weighted by molar-refractivity contribution is 6.01. The Bertz CT molecular complexity index is 682. The zero-order valence-electron chi connectivity index (χ0n) is 13.9. The van der Waals surface area contributed by atoms with Crippen molar-refractivity contribution in [1.29, 1.82) is 0 Å². The highest BCUT2D eigenvalue weighted by atomic mass is 16.5. The molecule has 1 aliphatic heterocycles. The van der Waals surface area contributed by atoms with E-state index in [2.05, 4.69) is 15.5 Å². The number of carbonyl (C=O) groups excluding carboxylic acids is 1. The summed E-state index contributed by atoms with van der Waals surface area (Å²) >= 11 is 0. The number of hydrogen-bond acceptors (Lipinski definition) is 3. The number of amides is 2.